The zero-order chi connectivity index (χ0) is 11.5. The fourth-order valence-corrected chi connectivity index (χ4v) is 1.64. The van der Waals surface area contributed by atoms with E-state index in [0.29, 0.717) is 23.0 Å². The standard InChI is InChI=1S/C12H10N2O2/c1-8-2-5-14-12(16)11(8)10-3-4-13-6-9(10)7-15/h2-7H,1H3,(H,14,16). The number of aryl methyl sites for hydroxylation is 1. The molecule has 0 aliphatic heterocycles. The summed E-state index contributed by atoms with van der Waals surface area (Å²) in [7, 11) is 0. The van der Waals surface area contributed by atoms with Gasteiger partial charge in [-0.3, -0.25) is 14.6 Å². The molecule has 0 amide bonds. The highest BCUT2D eigenvalue weighted by atomic mass is 16.1. The third-order valence-corrected chi connectivity index (χ3v) is 2.42. The average molecular weight is 214 g/mol. The first-order chi connectivity index (χ1) is 7.74. The lowest BCUT2D eigenvalue weighted by molar-refractivity contribution is 0.112. The number of aromatic amines is 1. The van der Waals surface area contributed by atoms with Crippen LogP contribution in [0, 0.1) is 6.92 Å². The summed E-state index contributed by atoms with van der Waals surface area (Å²) in [5, 5.41) is 0. The van der Waals surface area contributed by atoms with E-state index in [2.05, 4.69) is 9.97 Å². The maximum Gasteiger partial charge on any atom is 0.256 e. The fraction of sp³-hybridized carbons (Fsp3) is 0.0833. The molecule has 0 saturated heterocycles. The summed E-state index contributed by atoms with van der Waals surface area (Å²) < 4.78 is 0. The monoisotopic (exact) mass is 214 g/mol. The van der Waals surface area contributed by atoms with Gasteiger partial charge in [-0.25, -0.2) is 0 Å². The second-order valence-electron chi connectivity index (χ2n) is 3.45. The van der Waals surface area contributed by atoms with Gasteiger partial charge in [-0.1, -0.05) is 0 Å². The van der Waals surface area contributed by atoms with Gasteiger partial charge < -0.3 is 4.98 Å². The first-order valence-corrected chi connectivity index (χ1v) is 4.82. The van der Waals surface area contributed by atoms with Crippen molar-refractivity contribution < 1.29 is 4.79 Å². The molecule has 0 fully saturated rings. The minimum absolute atomic E-state index is 0.200. The zero-order valence-electron chi connectivity index (χ0n) is 8.73. The number of aldehydes is 1. The Morgan fingerprint density at radius 2 is 2.19 bits per heavy atom. The molecule has 0 radical (unpaired) electrons. The molecule has 4 heteroatoms. The van der Waals surface area contributed by atoms with Crippen LogP contribution in [0.5, 0.6) is 0 Å². The van der Waals surface area contributed by atoms with E-state index in [4.69, 9.17) is 0 Å². The Balaban J connectivity index is 2.77. The van der Waals surface area contributed by atoms with Crippen LogP contribution in [0.2, 0.25) is 0 Å². The van der Waals surface area contributed by atoms with Crippen molar-refractivity contribution in [3.05, 3.63) is 52.2 Å². The van der Waals surface area contributed by atoms with Crippen molar-refractivity contribution in [1.82, 2.24) is 9.97 Å². The molecule has 0 aromatic carbocycles. The van der Waals surface area contributed by atoms with Crippen LogP contribution >= 0.6 is 0 Å². The largest absolute Gasteiger partial charge is 0.329 e. The van der Waals surface area contributed by atoms with Gasteiger partial charge in [0.25, 0.3) is 5.56 Å². The molecule has 2 rings (SSSR count). The van der Waals surface area contributed by atoms with Crippen molar-refractivity contribution in [2.24, 2.45) is 0 Å². The minimum atomic E-state index is -0.200. The summed E-state index contributed by atoms with van der Waals surface area (Å²) in [4.78, 5) is 29.0. The Morgan fingerprint density at radius 1 is 1.38 bits per heavy atom. The molecule has 1 N–H and O–H groups in total. The maximum absolute atomic E-state index is 11.7. The summed E-state index contributed by atoms with van der Waals surface area (Å²) >= 11 is 0. The Morgan fingerprint density at radius 3 is 2.88 bits per heavy atom. The first kappa shape index (κ1) is 10.3. The van der Waals surface area contributed by atoms with Crippen molar-refractivity contribution in [1.29, 1.82) is 0 Å². The molecule has 0 saturated carbocycles. The van der Waals surface area contributed by atoms with E-state index in [1.165, 1.54) is 6.20 Å². The second-order valence-corrected chi connectivity index (χ2v) is 3.45. The second kappa shape index (κ2) is 4.10. The Labute approximate surface area is 92.0 Å². The third-order valence-electron chi connectivity index (χ3n) is 2.42. The molecule has 2 aromatic rings. The molecule has 16 heavy (non-hydrogen) atoms. The van der Waals surface area contributed by atoms with Gasteiger partial charge in [-0.15, -0.1) is 0 Å². The van der Waals surface area contributed by atoms with E-state index in [9.17, 15) is 9.59 Å². The molecule has 0 unspecified atom stereocenters. The van der Waals surface area contributed by atoms with Crippen molar-refractivity contribution in [3.63, 3.8) is 0 Å². The van der Waals surface area contributed by atoms with Gasteiger partial charge in [0.05, 0.1) is 5.56 Å². The van der Waals surface area contributed by atoms with Crippen LogP contribution in [0.15, 0.2) is 35.5 Å². The zero-order valence-corrected chi connectivity index (χ0v) is 8.73. The minimum Gasteiger partial charge on any atom is -0.329 e. The molecule has 0 spiro atoms. The molecular formula is C12H10N2O2. The molecule has 0 aliphatic carbocycles. The quantitative estimate of drug-likeness (QED) is 0.771. The Hall–Kier alpha value is -2.23. The SMILES string of the molecule is Cc1cc[nH]c(=O)c1-c1ccncc1C=O. The van der Waals surface area contributed by atoms with Gasteiger partial charge in [0.15, 0.2) is 6.29 Å². The van der Waals surface area contributed by atoms with E-state index < -0.39 is 0 Å². The number of hydrogen-bond donors (Lipinski definition) is 1. The van der Waals surface area contributed by atoms with Gasteiger partial charge in [-0.05, 0) is 24.6 Å². The summed E-state index contributed by atoms with van der Waals surface area (Å²) in [5.41, 5.74) is 2.19. The smallest absolute Gasteiger partial charge is 0.256 e. The Bertz CT molecular complexity index is 588. The molecule has 2 aromatic heterocycles. The van der Waals surface area contributed by atoms with Gasteiger partial charge in [0.1, 0.15) is 0 Å². The fourth-order valence-electron chi connectivity index (χ4n) is 1.64. The van der Waals surface area contributed by atoms with E-state index in [1.807, 2.05) is 6.92 Å². The molecule has 2 heterocycles. The highest BCUT2D eigenvalue weighted by molar-refractivity contribution is 5.87. The van der Waals surface area contributed by atoms with Gasteiger partial charge in [0, 0.05) is 29.7 Å². The predicted molar refractivity (Wildman–Crippen MR) is 60.4 cm³/mol. The van der Waals surface area contributed by atoms with Crippen LogP contribution in [-0.4, -0.2) is 16.3 Å². The molecule has 0 atom stereocenters. The highest BCUT2D eigenvalue weighted by Crippen LogP contribution is 2.20. The number of carbonyl (C=O) groups is 1. The van der Waals surface area contributed by atoms with Crippen LogP contribution in [0.1, 0.15) is 15.9 Å². The lowest BCUT2D eigenvalue weighted by Gasteiger charge is -2.05. The molecule has 4 nitrogen and oxygen atoms in total. The number of aromatic nitrogens is 2. The average Bonchev–Trinajstić information content (AvgIpc) is 2.29. The van der Waals surface area contributed by atoms with E-state index in [-0.39, 0.29) is 5.56 Å². The van der Waals surface area contributed by atoms with E-state index >= 15 is 0 Å². The van der Waals surface area contributed by atoms with Crippen LogP contribution < -0.4 is 5.56 Å². The van der Waals surface area contributed by atoms with Crippen molar-refractivity contribution in [3.8, 4) is 11.1 Å². The normalized spacial score (nSPS) is 10.1. The van der Waals surface area contributed by atoms with Crippen LogP contribution in [0.25, 0.3) is 11.1 Å². The van der Waals surface area contributed by atoms with Gasteiger partial charge in [0.2, 0.25) is 0 Å². The van der Waals surface area contributed by atoms with Crippen molar-refractivity contribution in [2.45, 2.75) is 6.92 Å². The number of nitrogens with one attached hydrogen (secondary N) is 1. The number of carbonyl (C=O) groups excluding carboxylic acids is 1. The predicted octanol–water partition coefficient (Wildman–Crippen LogP) is 1.56. The summed E-state index contributed by atoms with van der Waals surface area (Å²) in [6, 6.07) is 3.47. The molecule has 80 valence electrons. The molecule has 0 aliphatic rings. The van der Waals surface area contributed by atoms with Crippen LogP contribution in [0.3, 0.4) is 0 Å². The maximum atomic E-state index is 11.7. The molecular weight excluding hydrogens is 204 g/mol. The first-order valence-electron chi connectivity index (χ1n) is 4.82. The summed E-state index contributed by atoms with van der Waals surface area (Å²) in [5.74, 6) is 0. The lowest BCUT2D eigenvalue weighted by atomic mass is 10.00. The number of pyridine rings is 2. The highest BCUT2D eigenvalue weighted by Gasteiger charge is 2.10. The number of nitrogens with zero attached hydrogens (tertiary/aromatic N) is 1. The Kier molecular flexibility index (Phi) is 2.64. The van der Waals surface area contributed by atoms with Crippen molar-refractivity contribution in [2.75, 3.05) is 0 Å². The van der Waals surface area contributed by atoms with Gasteiger partial charge in [-0.2, -0.15) is 0 Å². The number of hydrogen-bond acceptors (Lipinski definition) is 3. The van der Waals surface area contributed by atoms with Crippen LogP contribution in [0.4, 0.5) is 0 Å². The summed E-state index contributed by atoms with van der Waals surface area (Å²) in [6.07, 6.45) is 5.31. The summed E-state index contributed by atoms with van der Waals surface area (Å²) in [6.45, 7) is 1.83. The molecule has 0 bridgehead atoms. The third kappa shape index (κ3) is 1.65. The van der Waals surface area contributed by atoms with E-state index in [1.54, 1.807) is 24.5 Å². The number of rotatable bonds is 2. The van der Waals surface area contributed by atoms with Gasteiger partial charge >= 0.3 is 0 Å². The van der Waals surface area contributed by atoms with E-state index in [0.717, 1.165) is 5.56 Å². The lowest BCUT2D eigenvalue weighted by Crippen LogP contribution is -2.10. The number of H-pyrrole nitrogens is 1. The topological polar surface area (TPSA) is 62.8 Å². The van der Waals surface area contributed by atoms with Crippen molar-refractivity contribution >= 4 is 6.29 Å². The van der Waals surface area contributed by atoms with Crippen LogP contribution in [-0.2, 0) is 0 Å².